The number of carbonyl (C=O) groups excluding carboxylic acids is 2. The first-order chi connectivity index (χ1) is 15.9. The van der Waals surface area contributed by atoms with E-state index in [0.717, 1.165) is 10.9 Å². The molecule has 2 N–H and O–H groups in total. The maximum absolute atomic E-state index is 13.2. The molecule has 0 spiro atoms. The standard InChI is InChI=1S/C26H28N2O5/c1-16(2)33-18-9-6-8-17(14-18)23-22(25(30)26(31)28(23)12-7-13-32-3)24(29)20-15-27-21-11-5-4-10-19(20)21/h4-6,8-11,14-16,23,27,29H,7,12-13H2,1-3H3/b24-22-. The number of benzene rings is 2. The second-order valence-electron chi connectivity index (χ2n) is 8.33. The minimum Gasteiger partial charge on any atom is -0.507 e. The Morgan fingerprint density at radius 3 is 2.70 bits per heavy atom. The maximum atomic E-state index is 13.2. The Balaban J connectivity index is 1.85. The molecule has 0 bridgehead atoms. The van der Waals surface area contributed by atoms with Gasteiger partial charge in [-0.25, -0.2) is 0 Å². The third-order valence-corrected chi connectivity index (χ3v) is 5.68. The van der Waals surface area contributed by atoms with Crippen molar-refractivity contribution in [1.29, 1.82) is 0 Å². The summed E-state index contributed by atoms with van der Waals surface area (Å²) in [4.78, 5) is 30.9. The summed E-state index contributed by atoms with van der Waals surface area (Å²) in [6, 6.07) is 14.1. The molecule has 1 aliphatic heterocycles. The van der Waals surface area contributed by atoms with Crippen LogP contribution in [0.1, 0.15) is 37.4 Å². The zero-order valence-corrected chi connectivity index (χ0v) is 19.0. The molecule has 2 heterocycles. The molecule has 1 aromatic heterocycles. The zero-order valence-electron chi connectivity index (χ0n) is 19.0. The van der Waals surface area contributed by atoms with E-state index in [1.165, 1.54) is 4.90 Å². The largest absolute Gasteiger partial charge is 0.507 e. The number of carbonyl (C=O) groups is 2. The number of H-pyrrole nitrogens is 1. The van der Waals surface area contributed by atoms with Gasteiger partial charge < -0.3 is 24.5 Å². The summed E-state index contributed by atoms with van der Waals surface area (Å²) in [5, 5.41) is 12.1. The van der Waals surface area contributed by atoms with Gasteiger partial charge in [-0.3, -0.25) is 9.59 Å². The lowest BCUT2D eigenvalue weighted by molar-refractivity contribution is -0.140. The summed E-state index contributed by atoms with van der Waals surface area (Å²) in [5.41, 5.74) is 2.09. The number of nitrogens with zero attached hydrogens (tertiary/aromatic N) is 1. The Labute approximate surface area is 192 Å². The fraction of sp³-hybridized carbons (Fsp3) is 0.308. The minimum atomic E-state index is -0.730. The van der Waals surface area contributed by atoms with Crippen molar-refractivity contribution in [3.05, 3.63) is 71.4 Å². The molecule has 1 aliphatic rings. The number of aromatic nitrogens is 1. The summed E-state index contributed by atoms with van der Waals surface area (Å²) >= 11 is 0. The number of hydrogen-bond acceptors (Lipinski definition) is 5. The van der Waals surface area contributed by atoms with Crippen LogP contribution in [0.25, 0.3) is 16.7 Å². The number of likely N-dealkylation sites (tertiary alicyclic amines) is 1. The van der Waals surface area contributed by atoms with Crippen LogP contribution in [0.5, 0.6) is 5.75 Å². The summed E-state index contributed by atoms with van der Waals surface area (Å²) in [7, 11) is 1.59. The van der Waals surface area contributed by atoms with Crippen molar-refractivity contribution in [1.82, 2.24) is 9.88 Å². The number of aliphatic hydroxyl groups excluding tert-OH is 1. The molecule has 33 heavy (non-hydrogen) atoms. The number of Topliss-reactive ketones (excluding diaryl/α,β-unsaturated/α-hetero) is 1. The van der Waals surface area contributed by atoms with Crippen molar-refractivity contribution < 1.29 is 24.2 Å². The highest BCUT2D eigenvalue weighted by Gasteiger charge is 2.46. The second-order valence-corrected chi connectivity index (χ2v) is 8.33. The SMILES string of the molecule is COCCCN1C(=O)C(=O)/C(=C(\O)c2c[nH]c3ccccc23)C1c1cccc(OC(C)C)c1. The van der Waals surface area contributed by atoms with Crippen molar-refractivity contribution >= 4 is 28.4 Å². The molecule has 7 heteroatoms. The predicted molar refractivity (Wildman–Crippen MR) is 126 cm³/mol. The molecule has 2 aromatic carbocycles. The van der Waals surface area contributed by atoms with Crippen LogP contribution in [0.15, 0.2) is 60.3 Å². The number of aliphatic hydroxyl groups is 1. The van der Waals surface area contributed by atoms with Crippen molar-refractivity contribution in [3.8, 4) is 5.75 Å². The quantitative estimate of drug-likeness (QED) is 0.230. The second kappa shape index (κ2) is 9.50. The van der Waals surface area contributed by atoms with E-state index < -0.39 is 17.7 Å². The van der Waals surface area contributed by atoms with E-state index in [-0.39, 0.29) is 17.4 Å². The van der Waals surface area contributed by atoms with E-state index in [2.05, 4.69) is 4.98 Å². The molecular weight excluding hydrogens is 420 g/mol. The first-order valence-electron chi connectivity index (χ1n) is 11.0. The minimum absolute atomic E-state index is 0.0282. The number of para-hydroxylation sites is 1. The molecule has 0 radical (unpaired) electrons. The molecule has 1 saturated heterocycles. The fourth-order valence-corrected chi connectivity index (χ4v) is 4.28. The average molecular weight is 449 g/mol. The van der Waals surface area contributed by atoms with E-state index in [9.17, 15) is 14.7 Å². The van der Waals surface area contributed by atoms with Crippen LogP contribution in [-0.4, -0.2) is 53.0 Å². The Kier molecular flexibility index (Phi) is 6.51. The molecule has 1 amide bonds. The zero-order chi connectivity index (χ0) is 23.5. The van der Waals surface area contributed by atoms with E-state index in [1.807, 2.05) is 62.4 Å². The molecule has 1 fully saturated rings. The Morgan fingerprint density at radius 1 is 1.15 bits per heavy atom. The number of aromatic amines is 1. The van der Waals surface area contributed by atoms with Gasteiger partial charge in [0.25, 0.3) is 11.7 Å². The van der Waals surface area contributed by atoms with Crippen LogP contribution in [0, 0.1) is 0 Å². The van der Waals surface area contributed by atoms with Crippen molar-refractivity contribution in [2.24, 2.45) is 0 Å². The van der Waals surface area contributed by atoms with Crippen LogP contribution < -0.4 is 4.74 Å². The normalized spacial score (nSPS) is 17.9. The molecule has 172 valence electrons. The number of fused-ring (bicyclic) bond motifs is 1. The van der Waals surface area contributed by atoms with E-state index in [4.69, 9.17) is 9.47 Å². The average Bonchev–Trinajstić information content (AvgIpc) is 3.33. The number of rotatable bonds is 8. The molecule has 4 rings (SSSR count). The monoisotopic (exact) mass is 448 g/mol. The number of ether oxygens (including phenoxy) is 2. The van der Waals surface area contributed by atoms with Gasteiger partial charge in [0.05, 0.1) is 17.7 Å². The number of hydrogen-bond donors (Lipinski definition) is 2. The topological polar surface area (TPSA) is 91.9 Å². The number of methoxy groups -OCH3 is 1. The van der Waals surface area contributed by atoms with Crippen molar-refractivity contribution in [2.45, 2.75) is 32.4 Å². The molecule has 7 nitrogen and oxygen atoms in total. The maximum Gasteiger partial charge on any atom is 0.295 e. The Hall–Kier alpha value is -3.58. The van der Waals surface area contributed by atoms with E-state index >= 15 is 0 Å². The third kappa shape index (κ3) is 4.36. The number of ketones is 1. The number of amides is 1. The highest BCUT2D eigenvalue weighted by atomic mass is 16.5. The molecular formula is C26H28N2O5. The van der Waals surface area contributed by atoms with Gasteiger partial charge in [-0.05, 0) is 44.0 Å². The van der Waals surface area contributed by atoms with E-state index in [1.54, 1.807) is 13.3 Å². The lowest BCUT2D eigenvalue weighted by Crippen LogP contribution is -2.31. The lowest BCUT2D eigenvalue weighted by atomic mass is 9.95. The van der Waals surface area contributed by atoms with Gasteiger partial charge in [-0.15, -0.1) is 0 Å². The van der Waals surface area contributed by atoms with Gasteiger partial charge in [0.2, 0.25) is 0 Å². The van der Waals surface area contributed by atoms with E-state index in [0.29, 0.717) is 36.4 Å². The van der Waals surface area contributed by atoms with Gasteiger partial charge in [0.15, 0.2) is 0 Å². The van der Waals surface area contributed by atoms with Crippen LogP contribution >= 0.6 is 0 Å². The van der Waals surface area contributed by atoms with Gasteiger partial charge in [-0.1, -0.05) is 30.3 Å². The van der Waals surface area contributed by atoms with Gasteiger partial charge in [-0.2, -0.15) is 0 Å². The van der Waals surface area contributed by atoms with Crippen LogP contribution in [0.2, 0.25) is 0 Å². The Morgan fingerprint density at radius 2 is 1.94 bits per heavy atom. The molecule has 1 atom stereocenters. The molecule has 3 aromatic rings. The van der Waals surface area contributed by atoms with Gasteiger partial charge in [0.1, 0.15) is 11.5 Å². The van der Waals surface area contributed by atoms with Crippen molar-refractivity contribution in [3.63, 3.8) is 0 Å². The Bertz CT molecular complexity index is 1210. The fourth-order valence-electron chi connectivity index (χ4n) is 4.28. The van der Waals surface area contributed by atoms with Crippen LogP contribution in [0.3, 0.4) is 0 Å². The van der Waals surface area contributed by atoms with Crippen molar-refractivity contribution in [2.75, 3.05) is 20.3 Å². The third-order valence-electron chi connectivity index (χ3n) is 5.68. The highest BCUT2D eigenvalue weighted by molar-refractivity contribution is 6.46. The first-order valence-corrected chi connectivity index (χ1v) is 11.0. The smallest absolute Gasteiger partial charge is 0.295 e. The van der Waals surface area contributed by atoms with Gasteiger partial charge in [0, 0.05) is 42.9 Å². The number of nitrogens with one attached hydrogen (secondary N) is 1. The predicted octanol–water partition coefficient (Wildman–Crippen LogP) is 4.41. The van der Waals surface area contributed by atoms with Crippen LogP contribution in [0.4, 0.5) is 0 Å². The molecule has 1 unspecified atom stereocenters. The summed E-state index contributed by atoms with van der Waals surface area (Å²) in [6.45, 7) is 4.64. The first kappa shape index (κ1) is 22.6. The van der Waals surface area contributed by atoms with Gasteiger partial charge >= 0.3 is 0 Å². The van der Waals surface area contributed by atoms with Crippen LogP contribution in [-0.2, 0) is 14.3 Å². The lowest BCUT2D eigenvalue weighted by Gasteiger charge is -2.25. The summed E-state index contributed by atoms with van der Waals surface area (Å²) in [6.07, 6.45) is 2.20. The molecule has 0 saturated carbocycles. The summed E-state index contributed by atoms with van der Waals surface area (Å²) in [5.74, 6) is -0.889. The highest BCUT2D eigenvalue weighted by Crippen LogP contribution is 2.41. The summed E-state index contributed by atoms with van der Waals surface area (Å²) < 4.78 is 11.0. The molecule has 0 aliphatic carbocycles.